The van der Waals surface area contributed by atoms with Crippen LogP contribution < -0.4 is 4.90 Å². The number of fused-ring (bicyclic) bond motifs is 1. The predicted octanol–water partition coefficient (Wildman–Crippen LogP) is 3.84. The third kappa shape index (κ3) is 4.13. The van der Waals surface area contributed by atoms with Gasteiger partial charge in [0.05, 0.1) is 17.9 Å². The van der Waals surface area contributed by atoms with E-state index >= 15 is 0 Å². The Morgan fingerprint density at radius 1 is 1.26 bits per heavy atom. The van der Waals surface area contributed by atoms with E-state index in [0.29, 0.717) is 12.2 Å². The van der Waals surface area contributed by atoms with Gasteiger partial charge >= 0.3 is 6.09 Å². The van der Waals surface area contributed by atoms with Gasteiger partial charge in [0.1, 0.15) is 11.7 Å². The zero-order chi connectivity index (χ0) is 22.2. The highest BCUT2D eigenvalue weighted by molar-refractivity contribution is 7.03. The lowest BCUT2D eigenvalue weighted by Crippen LogP contribution is -2.60. The van der Waals surface area contributed by atoms with Crippen molar-refractivity contribution in [1.29, 1.82) is 0 Å². The Balaban J connectivity index is 1.67. The number of nitrogens with zero attached hydrogens (tertiary/aromatic N) is 5. The highest BCUT2D eigenvalue weighted by Crippen LogP contribution is 2.32. The van der Waals surface area contributed by atoms with Crippen molar-refractivity contribution in [2.45, 2.75) is 45.3 Å². The van der Waals surface area contributed by atoms with Gasteiger partial charge in [0, 0.05) is 29.1 Å². The van der Waals surface area contributed by atoms with Crippen molar-refractivity contribution < 1.29 is 14.7 Å². The first-order chi connectivity index (χ1) is 14.8. The summed E-state index contributed by atoms with van der Waals surface area (Å²) < 4.78 is 3.89. The summed E-state index contributed by atoms with van der Waals surface area (Å²) in [6, 6.07) is 10.6. The van der Waals surface area contributed by atoms with Gasteiger partial charge in [-0.3, -0.25) is 14.7 Å². The van der Waals surface area contributed by atoms with Crippen molar-refractivity contribution in [2.24, 2.45) is 0 Å². The number of rotatable bonds is 4. The number of aromatic nitrogens is 3. The fraction of sp³-hybridized carbons (Fsp3) is 0.318. The molecule has 8 nitrogen and oxygen atoms in total. The van der Waals surface area contributed by atoms with Gasteiger partial charge in [-0.2, -0.15) is 0 Å². The van der Waals surface area contributed by atoms with Crippen molar-refractivity contribution in [3.05, 3.63) is 59.2 Å². The van der Waals surface area contributed by atoms with E-state index in [1.165, 1.54) is 16.4 Å². The molecule has 4 rings (SSSR count). The van der Waals surface area contributed by atoms with Crippen LogP contribution in [0.5, 0.6) is 0 Å². The molecule has 1 aliphatic rings. The van der Waals surface area contributed by atoms with Crippen LogP contribution in [0, 0.1) is 0 Å². The Hall–Kier alpha value is -3.33. The van der Waals surface area contributed by atoms with Crippen molar-refractivity contribution in [1.82, 2.24) is 19.5 Å². The molecule has 9 heteroatoms. The third-order valence-electron chi connectivity index (χ3n) is 5.29. The third-order valence-corrected chi connectivity index (χ3v) is 5.79. The number of hydrogen-bond acceptors (Lipinski definition) is 6. The molecule has 1 aromatic carbocycles. The molecule has 2 amide bonds. The second kappa shape index (κ2) is 8.07. The van der Waals surface area contributed by atoms with Crippen LogP contribution in [0.15, 0.2) is 48.0 Å². The monoisotopic (exact) mass is 437 g/mol. The molecule has 1 unspecified atom stereocenters. The standard InChI is InChI=1S/C22H23N5O3S/c1-22(2,3)27(21(29)30)19-11-16-18(5-4-10-23-16)26(20(19)28)12-14-6-8-15(9-7-14)17-13-31-25-24-17/h4-10,13,19H,11-12H2,1-3H3,(H,29,30). The van der Waals surface area contributed by atoms with E-state index in [9.17, 15) is 14.7 Å². The van der Waals surface area contributed by atoms with E-state index in [1.807, 2.05) is 35.7 Å². The second-order valence-corrected chi connectivity index (χ2v) is 9.03. The molecule has 0 saturated carbocycles. The number of amides is 2. The van der Waals surface area contributed by atoms with Gasteiger partial charge in [-0.25, -0.2) is 4.79 Å². The van der Waals surface area contributed by atoms with Crippen molar-refractivity contribution >= 4 is 29.2 Å². The molecule has 1 N–H and O–H groups in total. The molecule has 0 fully saturated rings. The molecule has 3 heterocycles. The number of anilines is 1. The molecule has 1 aliphatic heterocycles. The van der Waals surface area contributed by atoms with E-state index in [2.05, 4.69) is 14.6 Å². The van der Waals surface area contributed by atoms with Crippen LogP contribution in [0.2, 0.25) is 0 Å². The summed E-state index contributed by atoms with van der Waals surface area (Å²) in [6.45, 7) is 5.69. The van der Waals surface area contributed by atoms with Crippen LogP contribution in [0.1, 0.15) is 32.0 Å². The number of carbonyl (C=O) groups excluding carboxylic acids is 1. The smallest absolute Gasteiger partial charge is 0.408 e. The number of carboxylic acid groups (broad SMARTS) is 1. The zero-order valence-electron chi connectivity index (χ0n) is 17.5. The van der Waals surface area contributed by atoms with Gasteiger partial charge < -0.3 is 10.0 Å². The van der Waals surface area contributed by atoms with Crippen LogP contribution in [-0.2, 0) is 17.8 Å². The summed E-state index contributed by atoms with van der Waals surface area (Å²) in [5, 5.41) is 15.8. The molecule has 0 spiro atoms. The predicted molar refractivity (Wildman–Crippen MR) is 118 cm³/mol. The summed E-state index contributed by atoms with van der Waals surface area (Å²) >= 11 is 1.29. The normalized spacial score (nSPS) is 16.2. The van der Waals surface area contributed by atoms with Gasteiger partial charge in [0.15, 0.2) is 0 Å². The lowest BCUT2D eigenvalue weighted by atomic mass is 9.95. The minimum absolute atomic E-state index is 0.245. The van der Waals surface area contributed by atoms with E-state index in [0.717, 1.165) is 22.5 Å². The maximum atomic E-state index is 13.5. The second-order valence-electron chi connectivity index (χ2n) is 8.42. The molecule has 31 heavy (non-hydrogen) atoms. The van der Waals surface area contributed by atoms with Crippen molar-refractivity contribution in [2.75, 3.05) is 4.90 Å². The van der Waals surface area contributed by atoms with Gasteiger partial charge in [-0.15, -0.1) is 5.10 Å². The van der Waals surface area contributed by atoms with Crippen LogP contribution in [0.25, 0.3) is 11.3 Å². The van der Waals surface area contributed by atoms with Gasteiger partial charge in [0.2, 0.25) is 0 Å². The Labute approximate surface area is 184 Å². The first-order valence-corrected chi connectivity index (χ1v) is 10.7. The van der Waals surface area contributed by atoms with Crippen LogP contribution in [-0.4, -0.2) is 48.2 Å². The molecule has 0 saturated heterocycles. The molecule has 0 radical (unpaired) electrons. The highest BCUT2D eigenvalue weighted by atomic mass is 32.1. The zero-order valence-corrected chi connectivity index (χ0v) is 18.3. The number of carbonyl (C=O) groups is 2. The molecule has 2 aromatic heterocycles. The molecule has 0 bridgehead atoms. The van der Waals surface area contributed by atoms with Gasteiger partial charge in [0.25, 0.3) is 5.91 Å². The van der Waals surface area contributed by atoms with Gasteiger partial charge in [-0.05, 0) is 50.0 Å². The Morgan fingerprint density at radius 2 is 2.00 bits per heavy atom. The first-order valence-electron chi connectivity index (χ1n) is 9.89. The molecule has 0 aliphatic carbocycles. The first kappa shape index (κ1) is 20.9. The summed E-state index contributed by atoms with van der Waals surface area (Å²) in [5.41, 5.74) is 3.39. The molecular formula is C22H23N5O3S. The van der Waals surface area contributed by atoms with Crippen molar-refractivity contribution in [3.8, 4) is 11.3 Å². The molecular weight excluding hydrogens is 414 g/mol. The molecule has 3 aromatic rings. The van der Waals surface area contributed by atoms with Gasteiger partial charge in [-0.1, -0.05) is 28.8 Å². The van der Waals surface area contributed by atoms with E-state index < -0.39 is 17.7 Å². The average molecular weight is 438 g/mol. The quantitative estimate of drug-likeness (QED) is 0.666. The maximum Gasteiger partial charge on any atom is 0.408 e. The summed E-state index contributed by atoms with van der Waals surface area (Å²) in [6.07, 6.45) is 0.805. The minimum atomic E-state index is -1.12. The van der Waals surface area contributed by atoms with E-state index in [1.54, 1.807) is 37.9 Å². The molecule has 1 atom stereocenters. The lowest BCUT2D eigenvalue weighted by molar-refractivity contribution is -0.125. The SMILES string of the molecule is CC(C)(C)N(C(=O)O)C1Cc2ncccc2N(Cc2ccc(-c3csnn3)cc2)C1=O. The fourth-order valence-corrected chi connectivity index (χ4v) is 4.37. The van der Waals surface area contributed by atoms with E-state index in [-0.39, 0.29) is 12.3 Å². The van der Waals surface area contributed by atoms with E-state index in [4.69, 9.17) is 0 Å². The highest BCUT2D eigenvalue weighted by Gasteiger charge is 2.43. The lowest BCUT2D eigenvalue weighted by Gasteiger charge is -2.43. The Kier molecular flexibility index (Phi) is 5.45. The van der Waals surface area contributed by atoms with Crippen molar-refractivity contribution in [3.63, 3.8) is 0 Å². The number of hydrogen-bond donors (Lipinski definition) is 1. The molecule has 160 valence electrons. The number of pyridine rings is 1. The van der Waals surface area contributed by atoms with Crippen LogP contribution in [0.3, 0.4) is 0 Å². The minimum Gasteiger partial charge on any atom is -0.465 e. The van der Waals surface area contributed by atoms with Crippen LogP contribution in [0.4, 0.5) is 10.5 Å². The summed E-state index contributed by atoms with van der Waals surface area (Å²) in [7, 11) is 0. The van der Waals surface area contributed by atoms with Crippen LogP contribution >= 0.6 is 11.5 Å². The topological polar surface area (TPSA) is 99.5 Å². The fourth-order valence-electron chi connectivity index (χ4n) is 3.91. The Bertz CT molecular complexity index is 1090. The summed E-state index contributed by atoms with van der Waals surface area (Å²) in [5.74, 6) is -0.245. The summed E-state index contributed by atoms with van der Waals surface area (Å²) in [4.78, 5) is 32.9. The maximum absolute atomic E-state index is 13.5. The average Bonchev–Trinajstić information content (AvgIpc) is 3.25. The number of benzene rings is 1. The Morgan fingerprint density at radius 3 is 2.61 bits per heavy atom. The largest absolute Gasteiger partial charge is 0.465 e.